The van der Waals surface area contributed by atoms with Crippen LogP contribution in [-0.4, -0.2) is 15.9 Å². The van der Waals surface area contributed by atoms with E-state index in [2.05, 4.69) is 4.98 Å². The minimum absolute atomic E-state index is 0.0658. The van der Waals surface area contributed by atoms with Gasteiger partial charge in [-0.3, -0.25) is 4.98 Å². The summed E-state index contributed by atoms with van der Waals surface area (Å²) in [6.07, 6.45) is 5.81. The summed E-state index contributed by atoms with van der Waals surface area (Å²) in [5.41, 5.74) is 0.618. The summed E-state index contributed by atoms with van der Waals surface area (Å²) in [6, 6.07) is 1.75. The summed E-state index contributed by atoms with van der Waals surface area (Å²) in [4.78, 5) is 4.07. The summed E-state index contributed by atoms with van der Waals surface area (Å²) < 4.78 is 11.6. The topological polar surface area (TPSA) is 51.6 Å². The van der Waals surface area contributed by atoms with Crippen LogP contribution in [0.2, 0.25) is 0 Å². The first-order chi connectivity index (χ1) is 7.31. The van der Waals surface area contributed by atoms with Crippen LogP contribution in [0.4, 0.5) is 0 Å². The van der Waals surface area contributed by atoms with Gasteiger partial charge in [0, 0.05) is 18.9 Å². The third-order valence-corrected chi connectivity index (χ3v) is 3.01. The lowest BCUT2D eigenvalue weighted by Gasteiger charge is -2.21. The van der Waals surface area contributed by atoms with Gasteiger partial charge in [0.05, 0.1) is 18.5 Å². The van der Waals surface area contributed by atoms with Crippen LogP contribution in [0.25, 0.3) is 0 Å². The molecule has 1 aromatic rings. The van der Waals surface area contributed by atoms with Crippen molar-refractivity contribution in [1.82, 2.24) is 4.98 Å². The van der Waals surface area contributed by atoms with Gasteiger partial charge in [-0.05, 0) is 12.8 Å². The van der Waals surface area contributed by atoms with Gasteiger partial charge >= 0.3 is 0 Å². The Kier molecular flexibility index (Phi) is 1.85. The molecule has 1 spiro atoms. The van der Waals surface area contributed by atoms with E-state index in [1.807, 2.05) is 0 Å². The quantitative estimate of drug-likeness (QED) is 0.760. The van der Waals surface area contributed by atoms with Crippen molar-refractivity contribution >= 4 is 0 Å². The van der Waals surface area contributed by atoms with E-state index in [0.29, 0.717) is 11.4 Å². The molecule has 1 aromatic heterocycles. The number of hydrogen-bond acceptors (Lipinski definition) is 4. The summed E-state index contributed by atoms with van der Waals surface area (Å²) >= 11 is 0. The molecule has 0 atom stereocenters. The van der Waals surface area contributed by atoms with E-state index in [4.69, 9.17) is 14.6 Å². The lowest BCUT2D eigenvalue weighted by atomic mass is 10.2. The van der Waals surface area contributed by atoms with Gasteiger partial charge in [-0.15, -0.1) is 0 Å². The number of hydrogen-bond donors (Lipinski definition) is 1. The van der Waals surface area contributed by atoms with Crippen molar-refractivity contribution in [2.75, 3.05) is 0 Å². The number of ether oxygens (including phenoxy) is 2. The van der Waals surface area contributed by atoms with E-state index >= 15 is 0 Å². The zero-order valence-electron chi connectivity index (χ0n) is 8.40. The molecule has 80 valence electrons. The molecule has 0 radical (unpaired) electrons. The fraction of sp³-hybridized carbons (Fsp3) is 0.545. The molecule has 0 amide bonds. The molecule has 3 rings (SSSR count). The van der Waals surface area contributed by atoms with E-state index < -0.39 is 5.79 Å². The monoisotopic (exact) mass is 207 g/mol. The van der Waals surface area contributed by atoms with Gasteiger partial charge in [-0.2, -0.15) is 0 Å². The lowest BCUT2D eigenvalue weighted by molar-refractivity contribution is -0.0717. The maximum Gasteiger partial charge on any atom is 0.251 e. The maximum absolute atomic E-state index is 8.97. The Morgan fingerprint density at radius 3 is 2.73 bits per heavy atom. The van der Waals surface area contributed by atoms with Crippen LogP contribution in [0.1, 0.15) is 31.4 Å². The van der Waals surface area contributed by atoms with Crippen LogP contribution >= 0.6 is 0 Å². The van der Waals surface area contributed by atoms with Crippen LogP contribution in [0.15, 0.2) is 12.3 Å². The first-order valence-electron chi connectivity index (χ1n) is 5.29. The van der Waals surface area contributed by atoms with Crippen molar-refractivity contribution in [3.63, 3.8) is 0 Å². The van der Waals surface area contributed by atoms with Crippen molar-refractivity contribution < 1.29 is 14.6 Å². The van der Waals surface area contributed by atoms with Gasteiger partial charge in [0.15, 0.2) is 11.5 Å². The first-order valence-corrected chi connectivity index (χ1v) is 5.29. The summed E-state index contributed by atoms with van der Waals surface area (Å²) in [6.45, 7) is -0.0658. The number of aliphatic hydroxyl groups excluding tert-OH is 1. The number of pyridine rings is 1. The minimum Gasteiger partial charge on any atom is -0.448 e. The van der Waals surface area contributed by atoms with Crippen LogP contribution in [0, 0.1) is 0 Å². The Morgan fingerprint density at radius 2 is 2.00 bits per heavy atom. The molecule has 1 aliphatic carbocycles. The SMILES string of the molecule is OCc1cc2c(cn1)OC1(CCCC1)O2. The van der Waals surface area contributed by atoms with Crippen LogP contribution in [0.5, 0.6) is 11.5 Å². The van der Waals surface area contributed by atoms with E-state index in [0.717, 1.165) is 31.4 Å². The molecule has 1 fully saturated rings. The molecule has 4 nitrogen and oxygen atoms in total. The number of fused-ring (bicyclic) bond motifs is 1. The molecule has 0 unspecified atom stereocenters. The molecule has 0 bridgehead atoms. The van der Waals surface area contributed by atoms with Crippen molar-refractivity contribution in [3.05, 3.63) is 18.0 Å². The van der Waals surface area contributed by atoms with Crippen LogP contribution < -0.4 is 9.47 Å². The summed E-state index contributed by atoms with van der Waals surface area (Å²) in [5.74, 6) is 0.989. The van der Waals surface area contributed by atoms with E-state index in [9.17, 15) is 0 Å². The van der Waals surface area contributed by atoms with E-state index in [1.54, 1.807) is 12.3 Å². The Balaban J connectivity index is 1.92. The largest absolute Gasteiger partial charge is 0.448 e. The Bertz CT molecular complexity index is 385. The zero-order chi connectivity index (χ0) is 10.3. The fourth-order valence-corrected chi connectivity index (χ4v) is 2.25. The second-order valence-corrected chi connectivity index (χ2v) is 4.10. The maximum atomic E-state index is 8.97. The number of aliphatic hydroxyl groups is 1. The van der Waals surface area contributed by atoms with Gasteiger partial charge in [0.2, 0.25) is 0 Å². The third kappa shape index (κ3) is 1.36. The minimum atomic E-state index is -0.432. The predicted molar refractivity (Wildman–Crippen MR) is 52.6 cm³/mol. The molecule has 1 saturated carbocycles. The molecule has 2 aliphatic rings. The number of nitrogens with zero attached hydrogens (tertiary/aromatic N) is 1. The molecule has 0 aromatic carbocycles. The molecule has 4 heteroatoms. The molecule has 1 aliphatic heterocycles. The average Bonchev–Trinajstić information content (AvgIpc) is 2.84. The zero-order valence-corrected chi connectivity index (χ0v) is 8.40. The van der Waals surface area contributed by atoms with Gasteiger partial charge in [0.25, 0.3) is 5.79 Å². The Labute approximate surface area is 87.9 Å². The molecule has 1 N–H and O–H groups in total. The van der Waals surface area contributed by atoms with Gasteiger partial charge in [-0.1, -0.05) is 0 Å². The Morgan fingerprint density at radius 1 is 1.27 bits per heavy atom. The molecular formula is C11H13NO3. The predicted octanol–water partition coefficient (Wildman–Crippen LogP) is 1.62. The molecular weight excluding hydrogens is 194 g/mol. The summed E-state index contributed by atoms with van der Waals surface area (Å²) in [7, 11) is 0. The lowest BCUT2D eigenvalue weighted by Crippen LogP contribution is -2.34. The molecule has 0 saturated heterocycles. The smallest absolute Gasteiger partial charge is 0.251 e. The van der Waals surface area contributed by atoms with Crippen molar-refractivity contribution in [3.8, 4) is 11.5 Å². The van der Waals surface area contributed by atoms with Crippen LogP contribution in [0.3, 0.4) is 0 Å². The van der Waals surface area contributed by atoms with Gasteiger partial charge < -0.3 is 14.6 Å². The van der Waals surface area contributed by atoms with Crippen molar-refractivity contribution in [2.24, 2.45) is 0 Å². The highest BCUT2D eigenvalue weighted by Gasteiger charge is 2.44. The van der Waals surface area contributed by atoms with Crippen molar-refractivity contribution in [1.29, 1.82) is 0 Å². The highest BCUT2D eigenvalue weighted by atomic mass is 16.7. The number of rotatable bonds is 1. The molecule has 2 heterocycles. The van der Waals surface area contributed by atoms with E-state index in [-0.39, 0.29) is 6.61 Å². The first kappa shape index (κ1) is 8.97. The summed E-state index contributed by atoms with van der Waals surface area (Å²) in [5, 5.41) is 8.97. The van der Waals surface area contributed by atoms with Gasteiger partial charge in [-0.25, -0.2) is 0 Å². The van der Waals surface area contributed by atoms with E-state index in [1.165, 1.54) is 0 Å². The third-order valence-electron chi connectivity index (χ3n) is 3.01. The van der Waals surface area contributed by atoms with Crippen LogP contribution in [-0.2, 0) is 6.61 Å². The van der Waals surface area contributed by atoms with Gasteiger partial charge in [0.1, 0.15) is 0 Å². The fourth-order valence-electron chi connectivity index (χ4n) is 2.25. The average molecular weight is 207 g/mol. The number of aromatic nitrogens is 1. The van der Waals surface area contributed by atoms with Crippen molar-refractivity contribution in [2.45, 2.75) is 38.1 Å². The Hall–Kier alpha value is -1.29. The second-order valence-electron chi connectivity index (χ2n) is 4.10. The highest BCUT2D eigenvalue weighted by molar-refractivity contribution is 5.42. The normalized spacial score (nSPS) is 21.1. The highest BCUT2D eigenvalue weighted by Crippen LogP contribution is 2.46. The second kappa shape index (κ2) is 3.10. The standard InChI is InChI=1S/C11H13NO3/c13-7-8-5-9-10(6-12-8)15-11(14-9)3-1-2-4-11/h5-6,13H,1-4,7H2. The molecule has 15 heavy (non-hydrogen) atoms.